The van der Waals surface area contributed by atoms with Crippen LogP contribution in [0.25, 0.3) is 72.0 Å². The molecule has 9 rings (SSSR count). The summed E-state index contributed by atoms with van der Waals surface area (Å²) in [4.78, 5) is 18.2. The van der Waals surface area contributed by atoms with Gasteiger partial charge in [0.05, 0.1) is 9.58 Å². The molecule has 53 heavy (non-hydrogen) atoms. The first-order valence-electron chi connectivity index (χ1n) is 18.5. The summed E-state index contributed by atoms with van der Waals surface area (Å²) in [5.41, 5.74) is 10.3. The van der Waals surface area contributed by atoms with E-state index in [1.807, 2.05) is 40.9 Å². The number of fused-ring (bicyclic) bond motifs is 3. The molecule has 0 bridgehead atoms. The minimum absolute atomic E-state index is 0.0720. The zero-order valence-electron chi connectivity index (χ0n) is 30.1. The normalized spacial score (nSPS) is 14.4. The van der Waals surface area contributed by atoms with Crippen LogP contribution in [0.5, 0.6) is 0 Å². The van der Waals surface area contributed by atoms with Crippen LogP contribution in [0.15, 0.2) is 108 Å². The molecule has 0 unspecified atom stereocenters. The average Bonchev–Trinajstić information content (AvgIpc) is 4.03. The van der Waals surface area contributed by atoms with Crippen molar-refractivity contribution in [3.8, 4) is 30.6 Å². The number of benzene rings is 3. The van der Waals surface area contributed by atoms with Gasteiger partial charge < -0.3 is 0 Å². The summed E-state index contributed by atoms with van der Waals surface area (Å²) in [5.74, 6) is -0.421. The molecule has 0 amide bonds. The van der Waals surface area contributed by atoms with E-state index in [1.165, 1.54) is 75.4 Å². The molecule has 7 aromatic rings. The molecule has 0 saturated heterocycles. The molecule has 0 saturated carbocycles. The van der Waals surface area contributed by atoms with Gasteiger partial charge in [0.15, 0.2) is 11.6 Å². The van der Waals surface area contributed by atoms with Crippen molar-refractivity contribution in [1.82, 2.24) is 0 Å². The SMILES string of the molecule is CCCCCCC(=O)c1sc2c(-c3cc4c(C5=CC=C(C)C5)c5sc(-c6ccccc6)cc5c(C5=CC=C(C)C5)c4s3)sc(-c3ccccc3)c2c1F. The van der Waals surface area contributed by atoms with E-state index < -0.39 is 0 Å². The third kappa shape index (κ3) is 6.14. The topological polar surface area (TPSA) is 17.1 Å². The van der Waals surface area contributed by atoms with Crippen LogP contribution < -0.4 is 0 Å². The summed E-state index contributed by atoms with van der Waals surface area (Å²) in [6.07, 6.45) is 15.4. The van der Waals surface area contributed by atoms with Gasteiger partial charge in [-0.25, -0.2) is 4.39 Å². The maximum atomic E-state index is 16.6. The zero-order valence-corrected chi connectivity index (χ0v) is 33.4. The molecule has 2 aliphatic carbocycles. The predicted octanol–water partition coefficient (Wildman–Crippen LogP) is 16.2. The van der Waals surface area contributed by atoms with Crippen LogP contribution in [0.1, 0.15) is 86.5 Å². The van der Waals surface area contributed by atoms with Crippen LogP contribution >= 0.6 is 45.3 Å². The van der Waals surface area contributed by atoms with Crippen LogP contribution in [0.4, 0.5) is 4.39 Å². The molecule has 0 radical (unpaired) electrons. The molecule has 4 aromatic heterocycles. The van der Waals surface area contributed by atoms with E-state index in [2.05, 4.69) is 99.7 Å². The molecule has 6 heteroatoms. The Bertz CT molecular complexity index is 2600. The van der Waals surface area contributed by atoms with Gasteiger partial charge >= 0.3 is 0 Å². The second kappa shape index (κ2) is 14.2. The van der Waals surface area contributed by atoms with Crippen molar-refractivity contribution in [3.05, 3.63) is 130 Å². The van der Waals surface area contributed by atoms with Crippen LogP contribution in [-0.4, -0.2) is 5.78 Å². The van der Waals surface area contributed by atoms with Gasteiger partial charge in [-0.05, 0) is 67.5 Å². The summed E-state index contributed by atoms with van der Waals surface area (Å²) in [6.45, 7) is 6.60. The molecule has 1 nitrogen and oxygen atoms in total. The Morgan fingerprint density at radius 2 is 1.23 bits per heavy atom. The molecule has 0 fully saturated rings. The largest absolute Gasteiger partial charge is 0.293 e. The van der Waals surface area contributed by atoms with Crippen molar-refractivity contribution in [1.29, 1.82) is 0 Å². The maximum absolute atomic E-state index is 16.6. The lowest BCUT2D eigenvalue weighted by atomic mass is 9.91. The van der Waals surface area contributed by atoms with E-state index >= 15 is 4.39 Å². The highest BCUT2D eigenvalue weighted by atomic mass is 32.1. The third-order valence-electron chi connectivity index (χ3n) is 10.5. The van der Waals surface area contributed by atoms with Crippen molar-refractivity contribution in [2.45, 2.75) is 65.7 Å². The van der Waals surface area contributed by atoms with Gasteiger partial charge in [0, 0.05) is 57.7 Å². The molecular weight excluding hydrogens is 728 g/mol. The molecule has 0 spiro atoms. The fraction of sp³-hybridized carbons (Fsp3) is 0.213. The first kappa shape index (κ1) is 34.6. The van der Waals surface area contributed by atoms with Crippen LogP contribution in [-0.2, 0) is 0 Å². The van der Waals surface area contributed by atoms with Crippen LogP contribution in [0.3, 0.4) is 0 Å². The van der Waals surface area contributed by atoms with Crippen molar-refractivity contribution in [3.63, 3.8) is 0 Å². The number of thiophene rings is 4. The Balaban J connectivity index is 1.30. The molecule has 3 aromatic carbocycles. The van der Waals surface area contributed by atoms with E-state index in [4.69, 9.17) is 0 Å². The molecule has 0 atom stereocenters. The molecule has 4 heterocycles. The van der Waals surface area contributed by atoms with E-state index in [9.17, 15) is 4.79 Å². The van der Waals surface area contributed by atoms with Crippen molar-refractivity contribution < 1.29 is 9.18 Å². The zero-order chi connectivity index (χ0) is 36.2. The molecule has 2 aliphatic rings. The predicted molar refractivity (Wildman–Crippen MR) is 233 cm³/mol. The number of hydrogen-bond acceptors (Lipinski definition) is 5. The number of carbonyl (C=O) groups is 1. The lowest BCUT2D eigenvalue weighted by molar-refractivity contribution is 0.0979. The maximum Gasteiger partial charge on any atom is 0.175 e. The number of halogens is 1. The number of unbranched alkanes of at least 4 members (excludes halogenated alkanes) is 3. The molecular formula is C47H39FOS4. The minimum Gasteiger partial charge on any atom is -0.293 e. The van der Waals surface area contributed by atoms with Gasteiger partial charge in [0.25, 0.3) is 0 Å². The first-order valence-corrected chi connectivity index (χ1v) is 21.8. The number of ketones is 1. The lowest BCUT2D eigenvalue weighted by Crippen LogP contribution is -1.98. The monoisotopic (exact) mass is 766 g/mol. The van der Waals surface area contributed by atoms with Gasteiger partial charge in [-0.2, -0.15) is 0 Å². The van der Waals surface area contributed by atoms with E-state index in [0.29, 0.717) is 11.8 Å². The van der Waals surface area contributed by atoms with Crippen LogP contribution in [0.2, 0.25) is 0 Å². The van der Waals surface area contributed by atoms with Gasteiger partial charge in [0.1, 0.15) is 4.88 Å². The number of allylic oxidation sites excluding steroid dienone is 8. The van der Waals surface area contributed by atoms with Gasteiger partial charge in [-0.3, -0.25) is 4.79 Å². The summed E-state index contributed by atoms with van der Waals surface area (Å²) in [7, 11) is 0. The number of rotatable bonds is 11. The fourth-order valence-corrected chi connectivity index (χ4v) is 13.2. The Kier molecular flexibility index (Phi) is 9.27. The fourth-order valence-electron chi connectivity index (χ4n) is 7.86. The van der Waals surface area contributed by atoms with Crippen molar-refractivity contribution >= 4 is 92.5 Å². The Labute approximate surface area is 326 Å². The molecule has 0 N–H and O–H groups in total. The summed E-state index contributed by atoms with van der Waals surface area (Å²) in [5, 5.41) is 3.17. The van der Waals surface area contributed by atoms with Gasteiger partial charge in [-0.1, -0.05) is 122 Å². The van der Waals surface area contributed by atoms with E-state index in [1.54, 1.807) is 11.3 Å². The first-order chi connectivity index (χ1) is 25.9. The average molecular weight is 767 g/mol. The Morgan fingerprint density at radius 1 is 0.642 bits per heavy atom. The number of hydrogen-bond donors (Lipinski definition) is 0. The summed E-state index contributed by atoms with van der Waals surface area (Å²) >= 11 is 6.75. The quantitative estimate of drug-likeness (QED) is 0.0946. The van der Waals surface area contributed by atoms with Gasteiger partial charge in [-0.15, -0.1) is 45.3 Å². The van der Waals surface area contributed by atoms with Crippen molar-refractivity contribution in [2.75, 3.05) is 0 Å². The smallest absolute Gasteiger partial charge is 0.175 e. The van der Waals surface area contributed by atoms with Gasteiger partial charge in [0.2, 0.25) is 0 Å². The lowest BCUT2D eigenvalue weighted by Gasteiger charge is -2.14. The molecule has 264 valence electrons. The Hall–Kier alpha value is -4.20. The highest BCUT2D eigenvalue weighted by Crippen LogP contribution is 2.55. The summed E-state index contributed by atoms with van der Waals surface area (Å²) in [6, 6.07) is 25.7. The number of Topliss-reactive ketones (excluding diaryl/α,β-unsaturated/α-hetero) is 1. The standard InChI is InChI=1S/C47H39FOS4/c1-4-5-6-13-18-35(49)45-41(48)40-42(30-16-11-8-12-17-30)52-46(47(40)53-45)37-26-34-39(32-22-20-28(3)24-32)43-33(25-36(50-43)29-14-9-7-10-15-29)38(44(34)51-37)31-21-19-27(2)23-31/h7-12,14-17,19-22,25-26H,4-6,13,18,23-24H2,1-3H3. The summed E-state index contributed by atoms with van der Waals surface area (Å²) < 4.78 is 20.1. The third-order valence-corrected chi connectivity index (χ3v) is 15.6. The van der Waals surface area contributed by atoms with Crippen LogP contribution in [0, 0.1) is 5.82 Å². The minimum atomic E-state index is -0.349. The van der Waals surface area contributed by atoms with Crippen molar-refractivity contribution in [2.24, 2.45) is 0 Å². The van der Waals surface area contributed by atoms with E-state index in [-0.39, 0.29) is 16.5 Å². The second-order valence-electron chi connectivity index (χ2n) is 14.4. The highest BCUT2D eigenvalue weighted by Gasteiger charge is 2.30. The molecule has 0 aliphatic heterocycles. The highest BCUT2D eigenvalue weighted by molar-refractivity contribution is 7.33. The Morgan fingerprint density at radius 3 is 1.81 bits per heavy atom. The van der Waals surface area contributed by atoms with E-state index in [0.717, 1.165) is 63.4 Å². The second-order valence-corrected chi connectivity index (χ2v) is 18.5. The number of carbonyl (C=O) groups excluding carboxylic acids is 1.